The largest absolute Gasteiger partial charge is 0.380 e. The van der Waals surface area contributed by atoms with E-state index in [1.165, 1.54) is 32.5 Å². The fourth-order valence-electron chi connectivity index (χ4n) is 3.10. The first kappa shape index (κ1) is 21.0. The minimum absolute atomic E-state index is 0. The molecule has 5 nitrogen and oxygen atoms in total. The molecule has 0 atom stereocenters. The van der Waals surface area contributed by atoms with Crippen molar-refractivity contribution in [3.05, 3.63) is 0 Å². The van der Waals surface area contributed by atoms with Crippen LogP contribution >= 0.6 is 24.0 Å². The lowest BCUT2D eigenvalue weighted by molar-refractivity contribution is -0.0945. The number of nitrogens with zero attached hydrogens (tertiary/aromatic N) is 2. The highest BCUT2D eigenvalue weighted by Gasteiger charge is 2.33. The normalized spacial score (nSPS) is 22.4. The lowest BCUT2D eigenvalue weighted by Gasteiger charge is -2.37. The minimum Gasteiger partial charge on any atom is -0.380 e. The Hall–Kier alpha value is -0.0800. The molecule has 2 rings (SSSR count). The van der Waals surface area contributed by atoms with Crippen molar-refractivity contribution >= 4 is 29.9 Å². The molecule has 2 fully saturated rings. The van der Waals surface area contributed by atoms with E-state index in [2.05, 4.69) is 43.2 Å². The summed E-state index contributed by atoms with van der Waals surface area (Å²) in [5.41, 5.74) is 0.239. The van der Waals surface area contributed by atoms with Crippen molar-refractivity contribution in [2.24, 2.45) is 16.3 Å². The van der Waals surface area contributed by atoms with Crippen LogP contribution in [0.2, 0.25) is 0 Å². The van der Waals surface area contributed by atoms with Gasteiger partial charge in [0.1, 0.15) is 0 Å². The topological polar surface area (TPSA) is 48.9 Å². The van der Waals surface area contributed by atoms with Gasteiger partial charge < -0.3 is 20.3 Å². The Labute approximate surface area is 159 Å². The molecule has 0 aromatic heterocycles. The first-order chi connectivity index (χ1) is 10.5. The van der Waals surface area contributed by atoms with E-state index in [0.717, 1.165) is 38.2 Å². The molecule has 2 aliphatic rings. The highest BCUT2D eigenvalue weighted by atomic mass is 127. The quantitative estimate of drug-likeness (QED) is 0.380. The molecular weight excluding hydrogens is 403 g/mol. The van der Waals surface area contributed by atoms with Gasteiger partial charge in [-0.25, -0.2) is 0 Å². The van der Waals surface area contributed by atoms with Gasteiger partial charge >= 0.3 is 0 Å². The zero-order valence-electron chi connectivity index (χ0n) is 15.2. The zero-order valence-corrected chi connectivity index (χ0v) is 17.6. The predicted molar refractivity (Wildman–Crippen MR) is 108 cm³/mol. The molecule has 2 saturated heterocycles. The molecule has 0 amide bonds. The summed E-state index contributed by atoms with van der Waals surface area (Å²) in [7, 11) is 0. The number of hydrogen-bond acceptors (Lipinski definition) is 3. The summed E-state index contributed by atoms with van der Waals surface area (Å²) in [5, 5.41) is 7.00. The summed E-state index contributed by atoms with van der Waals surface area (Å²) in [4.78, 5) is 7.35. The van der Waals surface area contributed by atoms with Crippen molar-refractivity contribution in [2.45, 2.75) is 46.6 Å². The number of likely N-dealkylation sites (tertiary alicyclic amines) is 1. The molecular formula is C17H35IN4O. The number of ether oxygens (including phenoxy) is 1. The highest BCUT2D eigenvalue weighted by Crippen LogP contribution is 2.26. The van der Waals surface area contributed by atoms with E-state index >= 15 is 0 Å². The summed E-state index contributed by atoms with van der Waals surface area (Å²) in [5.74, 6) is 1.73. The van der Waals surface area contributed by atoms with Gasteiger partial charge in [-0.3, -0.25) is 4.99 Å². The van der Waals surface area contributed by atoms with Crippen molar-refractivity contribution in [1.29, 1.82) is 0 Å². The van der Waals surface area contributed by atoms with Crippen LogP contribution in [0, 0.1) is 11.3 Å². The Morgan fingerprint density at radius 3 is 2.43 bits per heavy atom. The van der Waals surface area contributed by atoms with Gasteiger partial charge in [0.2, 0.25) is 0 Å². The molecule has 6 heteroatoms. The fraction of sp³-hybridized carbons (Fsp3) is 0.941. The number of aliphatic imine (C=N–C) groups is 1. The van der Waals surface area contributed by atoms with Crippen LogP contribution in [0.15, 0.2) is 4.99 Å². The number of guanidine groups is 1. The monoisotopic (exact) mass is 438 g/mol. The highest BCUT2D eigenvalue weighted by molar-refractivity contribution is 14.0. The number of hydrogen-bond donors (Lipinski definition) is 2. The van der Waals surface area contributed by atoms with Crippen LogP contribution in [-0.2, 0) is 4.74 Å². The predicted octanol–water partition coefficient (Wildman–Crippen LogP) is 2.32. The molecule has 0 spiro atoms. The Morgan fingerprint density at radius 2 is 1.96 bits per heavy atom. The molecule has 0 unspecified atom stereocenters. The third-order valence-corrected chi connectivity index (χ3v) is 4.42. The second-order valence-electron chi connectivity index (χ2n) is 7.61. The van der Waals surface area contributed by atoms with E-state index in [-0.39, 0.29) is 29.4 Å². The van der Waals surface area contributed by atoms with Crippen LogP contribution in [-0.4, -0.2) is 62.8 Å². The van der Waals surface area contributed by atoms with Crippen molar-refractivity contribution in [3.8, 4) is 0 Å². The second-order valence-corrected chi connectivity index (χ2v) is 7.61. The molecule has 0 bridgehead atoms. The van der Waals surface area contributed by atoms with Crippen molar-refractivity contribution in [3.63, 3.8) is 0 Å². The third kappa shape index (κ3) is 7.13. The molecule has 2 aliphatic heterocycles. The van der Waals surface area contributed by atoms with E-state index in [9.17, 15) is 0 Å². The van der Waals surface area contributed by atoms with Crippen LogP contribution in [0.5, 0.6) is 0 Å². The summed E-state index contributed by atoms with van der Waals surface area (Å²) in [6.07, 6.45) is 2.41. The Balaban J connectivity index is 0.00000264. The van der Waals surface area contributed by atoms with E-state index in [0.29, 0.717) is 6.04 Å². The van der Waals surface area contributed by atoms with E-state index in [1.807, 2.05) is 0 Å². The lowest BCUT2D eigenvalue weighted by atomic mass is 9.89. The summed E-state index contributed by atoms with van der Waals surface area (Å²) >= 11 is 0. The van der Waals surface area contributed by atoms with Gasteiger partial charge in [0.15, 0.2) is 5.96 Å². The Morgan fingerprint density at radius 1 is 1.30 bits per heavy atom. The van der Waals surface area contributed by atoms with Crippen LogP contribution in [0.1, 0.15) is 40.5 Å². The van der Waals surface area contributed by atoms with Gasteiger partial charge in [-0.1, -0.05) is 20.8 Å². The summed E-state index contributed by atoms with van der Waals surface area (Å²) in [6.45, 7) is 16.0. The van der Waals surface area contributed by atoms with Gasteiger partial charge in [-0.15, -0.1) is 24.0 Å². The zero-order chi connectivity index (χ0) is 16.0. The number of nitrogens with one attached hydrogen (secondary N) is 2. The smallest absolute Gasteiger partial charge is 0.191 e. The van der Waals surface area contributed by atoms with Crippen molar-refractivity contribution in [1.82, 2.24) is 15.5 Å². The van der Waals surface area contributed by atoms with Crippen molar-refractivity contribution < 1.29 is 4.74 Å². The van der Waals surface area contributed by atoms with Gasteiger partial charge in [0, 0.05) is 37.6 Å². The maximum absolute atomic E-state index is 5.31. The maximum Gasteiger partial charge on any atom is 0.191 e. The third-order valence-electron chi connectivity index (χ3n) is 4.42. The lowest BCUT2D eigenvalue weighted by Crippen LogP contribution is -2.50. The second kappa shape index (κ2) is 10.0. The Kier molecular flexibility index (Phi) is 9.15. The van der Waals surface area contributed by atoms with Gasteiger partial charge in [0.25, 0.3) is 0 Å². The minimum atomic E-state index is 0. The number of rotatable bonds is 6. The van der Waals surface area contributed by atoms with Crippen LogP contribution in [0.25, 0.3) is 0 Å². The molecule has 0 aromatic rings. The first-order valence-corrected chi connectivity index (χ1v) is 8.86. The number of halogens is 1. The van der Waals surface area contributed by atoms with Crippen LogP contribution in [0.3, 0.4) is 0 Å². The standard InChI is InChI=1S/C17H34N4O.HI/c1-5-18-16(19-11-17(4)12-22-13-17)20-15-6-8-21(9-7-15)10-14(2)3;/h14-15H,5-13H2,1-4H3,(H2,18,19,20);1H. The molecule has 0 aromatic carbocycles. The van der Waals surface area contributed by atoms with Gasteiger partial charge in [-0.05, 0) is 25.7 Å². The first-order valence-electron chi connectivity index (χ1n) is 8.86. The van der Waals surface area contributed by atoms with E-state index in [4.69, 9.17) is 9.73 Å². The molecule has 136 valence electrons. The molecule has 0 aliphatic carbocycles. The van der Waals surface area contributed by atoms with Crippen LogP contribution in [0.4, 0.5) is 0 Å². The van der Waals surface area contributed by atoms with Crippen LogP contribution < -0.4 is 10.6 Å². The number of piperidine rings is 1. The van der Waals surface area contributed by atoms with Crippen molar-refractivity contribution in [2.75, 3.05) is 45.9 Å². The van der Waals surface area contributed by atoms with E-state index in [1.54, 1.807) is 0 Å². The summed E-state index contributed by atoms with van der Waals surface area (Å²) < 4.78 is 5.31. The SMILES string of the molecule is CCNC(=NCC1(C)COC1)NC1CCN(CC(C)C)CC1.I. The molecule has 0 saturated carbocycles. The van der Waals surface area contributed by atoms with E-state index < -0.39 is 0 Å². The molecule has 2 N–H and O–H groups in total. The fourth-order valence-corrected chi connectivity index (χ4v) is 3.10. The summed E-state index contributed by atoms with van der Waals surface area (Å²) in [6, 6.07) is 0.548. The average molecular weight is 438 g/mol. The van der Waals surface area contributed by atoms with Gasteiger partial charge in [0.05, 0.1) is 19.8 Å². The maximum atomic E-state index is 5.31. The van der Waals surface area contributed by atoms with Gasteiger partial charge in [-0.2, -0.15) is 0 Å². The molecule has 2 heterocycles. The molecule has 0 radical (unpaired) electrons. The average Bonchev–Trinajstić information content (AvgIpc) is 2.44. The molecule has 23 heavy (non-hydrogen) atoms. The Bertz CT molecular complexity index is 364.